The van der Waals surface area contributed by atoms with Gasteiger partial charge in [0.15, 0.2) is 17.5 Å². The summed E-state index contributed by atoms with van der Waals surface area (Å²) in [4.78, 5) is 28.3. The minimum atomic E-state index is -1.65. The molecule has 0 bridgehead atoms. The number of nitrogens with zero attached hydrogens (tertiary/aromatic N) is 2. The van der Waals surface area contributed by atoms with Gasteiger partial charge in [-0.15, -0.1) is 0 Å². The molecule has 2 aromatic carbocycles. The van der Waals surface area contributed by atoms with Crippen molar-refractivity contribution in [1.29, 1.82) is 0 Å². The van der Waals surface area contributed by atoms with Crippen molar-refractivity contribution in [2.75, 3.05) is 25.5 Å². The standard InChI is InChI=1S/C21H22F3N3O2/c1-13(21(29)27-10-9-14-5-3-4-6-15(14)11-27)26(2)12-18(28)25-17-8-7-16(22)19(23)20(17)24/h3-8,13H,9-12H2,1-2H3,(H,25,28)/t13-/m0/s1. The van der Waals surface area contributed by atoms with Gasteiger partial charge in [-0.3, -0.25) is 14.5 Å². The zero-order chi connectivity index (χ0) is 21.1. The summed E-state index contributed by atoms with van der Waals surface area (Å²) in [5, 5.41) is 2.21. The summed E-state index contributed by atoms with van der Waals surface area (Å²) in [5.41, 5.74) is 1.88. The number of halogens is 3. The molecule has 1 aliphatic heterocycles. The van der Waals surface area contributed by atoms with Gasteiger partial charge in [0.05, 0.1) is 18.3 Å². The number of benzene rings is 2. The number of fused-ring (bicyclic) bond motifs is 1. The molecule has 8 heteroatoms. The molecule has 3 rings (SSSR count). The van der Waals surface area contributed by atoms with Gasteiger partial charge >= 0.3 is 0 Å². The third-order valence-electron chi connectivity index (χ3n) is 5.16. The Kier molecular flexibility index (Phi) is 6.22. The Hall–Kier alpha value is -2.87. The lowest BCUT2D eigenvalue weighted by atomic mass is 9.99. The molecule has 0 saturated carbocycles. The van der Waals surface area contributed by atoms with Gasteiger partial charge in [0.25, 0.3) is 0 Å². The van der Waals surface area contributed by atoms with Crippen LogP contribution < -0.4 is 5.32 Å². The van der Waals surface area contributed by atoms with Crippen molar-refractivity contribution in [2.45, 2.75) is 25.9 Å². The summed E-state index contributed by atoms with van der Waals surface area (Å²) in [6.45, 7) is 2.59. The van der Waals surface area contributed by atoms with Crippen molar-refractivity contribution in [1.82, 2.24) is 9.80 Å². The Morgan fingerprint density at radius 1 is 1.10 bits per heavy atom. The Bertz CT molecular complexity index is 935. The smallest absolute Gasteiger partial charge is 0.239 e. The maximum Gasteiger partial charge on any atom is 0.239 e. The van der Waals surface area contributed by atoms with E-state index in [9.17, 15) is 22.8 Å². The molecule has 29 heavy (non-hydrogen) atoms. The van der Waals surface area contributed by atoms with Gasteiger partial charge in [0, 0.05) is 13.1 Å². The van der Waals surface area contributed by atoms with Crippen LogP contribution in [0.2, 0.25) is 0 Å². The van der Waals surface area contributed by atoms with Crippen LogP contribution >= 0.6 is 0 Å². The highest BCUT2D eigenvalue weighted by atomic mass is 19.2. The van der Waals surface area contributed by atoms with Gasteiger partial charge in [-0.05, 0) is 43.7 Å². The van der Waals surface area contributed by atoms with E-state index in [2.05, 4.69) is 11.4 Å². The molecule has 1 N–H and O–H groups in total. The normalized spacial score (nSPS) is 14.5. The maximum atomic E-state index is 13.7. The number of nitrogens with one attached hydrogen (secondary N) is 1. The van der Waals surface area contributed by atoms with E-state index in [0.29, 0.717) is 13.1 Å². The Labute approximate surface area is 167 Å². The molecule has 0 saturated heterocycles. The molecule has 0 unspecified atom stereocenters. The molecule has 0 fully saturated rings. The van der Waals surface area contributed by atoms with Crippen molar-refractivity contribution < 1.29 is 22.8 Å². The van der Waals surface area contributed by atoms with E-state index < -0.39 is 35.1 Å². The monoisotopic (exact) mass is 405 g/mol. The van der Waals surface area contributed by atoms with Crippen molar-refractivity contribution in [3.05, 3.63) is 65.0 Å². The van der Waals surface area contributed by atoms with Crippen LogP contribution in [0.15, 0.2) is 36.4 Å². The van der Waals surface area contributed by atoms with E-state index in [-0.39, 0.29) is 12.5 Å². The van der Waals surface area contributed by atoms with Crippen LogP contribution in [-0.2, 0) is 22.6 Å². The minimum Gasteiger partial charge on any atom is -0.337 e. The average molecular weight is 405 g/mol. The number of rotatable bonds is 5. The van der Waals surface area contributed by atoms with E-state index in [1.807, 2.05) is 18.2 Å². The second-order valence-electron chi connectivity index (χ2n) is 7.14. The molecule has 0 spiro atoms. The summed E-state index contributed by atoms with van der Waals surface area (Å²) in [5.74, 6) is -5.20. The van der Waals surface area contributed by atoms with E-state index in [1.165, 1.54) is 10.5 Å². The molecule has 0 aromatic heterocycles. The molecular formula is C21H22F3N3O2. The maximum absolute atomic E-state index is 13.7. The zero-order valence-corrected chi connectivity index (χ0v) is 16.2. The first kappa shape index (κ1) is 20.9. The van der Waals surface area contributed by atoms with Gasteiger partial charge in [-0.1, -0.05) is 24.3 Å². The van der Waals surface area contributed by atoms with E-state index in [0.717, 1.165) is 24.1 Å². The van der Waals surface area contributed by atoms with E-state index in [4.69, 9.17) is 0 Å². The van der Waals surface area contributed by atoms with E-state index >= 15 is 0 Å². The molecule has 2 aromatic rings. The van der Waals surface area contributed by atoms with Crippen LogP contribution in [0.1, 0.15) is 18.1 Å². The fourth-order valence-electron chi connectivity index (χ4n) is 3.31. The first-order valence-corrected chi connectivity index (χ1v) is 9.27. The number of carbonyl (C=O) groups excluding carboxylic acids is 2. The molecule has 1 atom stereocenters. The molecular weight excluding hydrogens is 383 g/mol. The lowest BCUT2D eigenvalue weighted by Gasteiger charge is -2.33. The van der Waals surface area contributed by atoms with Crippen LogP contribution in [0.5, 0.6) is 0 Å². The predicted octanol–water partition coefficient (Wildman–Crippen LogP) is 2.95. The van der Waals surface area contributed by atoms with Crippen LogP contribution in [-0.4, -0.2) is 47.8 Å². The van der Waals surface area contributed by atoms with Crippen LogP contribution in [0.25, 0.3) is 0 Å². The molecule has 5 nitrogen and oxygen atoms in total. The fourth-order valence-corrected chi connectivity index (χ4v) is 3.31. The van der Waals surface area contributed by atoms with Crippen molar-refractivity contribution in [3.8, 4) is 0 Å². The lowest BCUT2D eigenvalue weighted by Crippen LogP contribution is -2.49. The predicted molar refractivity (Wildman–Crippen MR) is 103 cm³/mol. The number of hydrogen-bond acceptors (Lipinski definition) is 3. The Morgan fingerprint density at radius 2 is 1.79 bits per heavy atom. The highest BCUT2D eigenvalue weighted by Gasteiger charge is 2.28. The first-order valence-electron chi connectivity index (χ1n) is 9.27. The highest BCUT2D eigenvalue weighted by molar-refractivity contribution is 5.93. The summed E-state index contributed by atoms with van der Waals surface area (Å²) < 4.78 is 40.0. The minimum absolute atomic E-state index is 0.117. The third kappa shape index (κ3) is 4.59. The van der Waals surface area contributed by atoms with Crippen LogP contribution in [0.3, 0.4) is 0 Å². The number of amides is 2. The van der Waals surface area contributed by atoms with Gasteiger partial charge < -0.3 is 10.2 Å². The Morgan fingerprint density at radius 3 is 2.52 bits per heavy atom. The topological polar surface area (TPSA) is 52.7 Å². The molecule has 2 amide bonds. The Balaban J connectivity index is 1.59. The van der Waals surface area contributed by atoms with Crippen molar-refractivity contribution >= 4 is 17.5 Å². The first-order chi connectivity index (χ1) is 13.8. The number of anilines is 1. The van der Waals surface area contributed by atoms with Gasteiger partial charge in [0.2, 0.25) is 11.8 Å². The zero-order valence-electron chi connectivity index (χ0n) is 16.2. The van der Waals surface area contributed by atoms with Crippen LogP contribution in [0, 0.1) is 17.5 Å². The molecule has 0 radical (unpaired) electrons. The SMILES string of the molecule is C[C@@H](C(=O)N1CCc2ccccc2C1)N(C)CC(=O)Nc1ccc(F)c(F)c1F. The molecule has 0 aliphatic carbocycles. The van der Waals surface area contributed by atoms with Crippen molar-refractivity contribution in [3.63, 3.8) is 0 Å². The third-order valence-corrected chi connectivity index (χ3v) is 5.16. The number of likely N-dealkylation sites (N-methyl/N-ethyl adjacent to an activating group) is 1. The van der Waals surface area contributed by atoms with E-state index in [1.54, 1.807) is 18.9 Å². The molecule has 154 valence electrons. The highest BCUT2D eigenvalue weighted by Crippen LogP contribution is 2.21. The summed E-state index contributed by atoms with van der Waals surface area (Å²) >= 11 is 0. The second kappa shape index (κ2) is 8.65. The second-order valence-corrected chi connectivity index (χ2v) is 7.14. The average Bonchev–Trinajstić information content (AvgIpc) is 2.72. The quantitative estimate of drug-likeness (QED) is 0.779. The molecule has 1 aliphatic rings. The largest absolute Gasteiger partial charge is 0.337 e. The fraction of sp³-hybridized carbons (Fsp3) is 0.333. The van der Waals surface area contributed by atoms with Gasteiger partial charge in [-0.25, -0.2) is 13.2 Å². The number of hydrogen-bond donors (Lipinski definition) is 1. The van der Waals surface area contributed by atoms with Crippen LogP contribution in [0.4, 0.5) is 18.9 Å². The molecule has 1 heterocycles. The van der Waals surface area contributed by atoms with Crippen molar-refractivity contribution in [2.24, 2.45) is 0 Å². The summed E-state index contributed by atoms with van der Waals surface area (Å²) in [7, 11) is 1.60. The lowest BCUT2D eigenvalue weighted by molar-refractivity contribution is -0.137. The van der Waals surface area contributed by atoms with Gasteiger partial charge in [-0.2, -0.15) is 0 Å². The van der Waals surface area contributed by atoms with Gasteiger partial charge in [0.1, 0.15) is 0 Å². The number of carbonyl (C=O) groups is 2. The summed E-state index contributed by atoms with van der Waals surface area (Å²) in [6.07, 6.45) is 0.772. The summed E-state index contributed by atoms with van der Waals surface area (Å²) in [6, 6.07) is 9.05.